The van der Waals surface area contributed by atoms with Gasteiger partial charge in [0.25, 0.3) is 0 Å². The van der Waals surface area contributed by atoms with E-state index in [9.17, 15) is 4.79 Å². The van der Waals surface area contributed by atoms with E-state index in [2.05, 4.69) is 10.2 Å². The van der Waals surface area contributed by atoms with E-state index in [0.29, 0.717) is 18.9 Å². The van der Waals surface area contributed by atoms with Gasteiger partial charge in [-0.3, -0.25) is 4.79 Å². The Morgan fingerprint density at radius 1 is 1.19 bits per heavy atom. The summed E-state index contributed by atoms with van der Waals surface area (Å²) in [4.78, 5) is 14.5. The van der Waals surface area contributed by atoms with E-state index in [-0.39, 0.29) is 5.91 Å². The van der Waals surface area contributed by atoms with Gasteiger partial charge in [0.15, 0.2) is 0 Å². The fraction of sp³-hybridized carbons (Fsp3) is 0.346. The van der Waals surface area contributed by atoms with Crippen molar-refractivity contribution in [3.05, 3.63) is 54.3 Å². The van der Waals surface area contributed by atoms with Crippen LogP contribution in [0.1, 0.15) is 25.8 Å². The number of hydrogen-bond acceptors (Lipinski definition) is 5. The van der Waals surface area contributed by atoms with Crippen LogP contribution < -0.4 is 14.8 Å². The summed E-state index contributed by atoms with van der Waals surface area (Å²) in [6.07, 6.45) is 4.28. The number of furan rings is 1. The summed E-state index contributed by atoms with van der Waals surface area (Å²) in [5, 5.41) is 3.91. The number of methoxy groups -OCH3 is 1. The molecule has 0 fully saturated rings. The third-order valence-electron chi connectivity index (χ3n) is 5.23. The van der Waals surface area contributed by atoms with E-state index < -0.39 is 0 Å². The second-order valence-electron chi connectivity index (χ2n) is 7.93. The van der Waals surface area contributed by atoms with Crippen LogP contribution in [0.25, 0.3) is 27.7 Å². The molecule has 0 saturated heterocycles. The Bertz CT molecular complexity index is 1080. The van der Waals surface area contributed by atoms with Crippen molar-refractivity contribution in [2.45, 2.75) is 20.3 Å². The van der Waals surface area contributed by atoms with Crippen LogP contribution in [-0.2, 0) is 4.79 Å². The minimum atomic E-state index is -0.109. The Hall–Kier alpha value is -3.25. The fourth-order valence-electron chi connectivity index (χ4n) is 3.59. The van der Waals surface area contributed by atoms with Gasteiger partial charge in [-0.25, -0.2) is 0 Å². The van der Waals surface area contributed by atoms with E-state index >= 15 is 0 Å². The Balaban J connectivity index is 1.87. The molecule has 0 aliphatic carbocycles. The first kappa shape index (κ1) is 23.4. The zero-order valence-electron chi connectivity index (χ0n) is 19.5. The topological polar surface area (TPSA) is 63.9 Å². The normalized spacial score (nSPS) is 11.8. The number of amides is 1. The summed E-state index contributed by atoms with van der Waals surface area (Å²) in [6.45, 7) is 6.08. The van der Waals surface area contributed by atoms with Gasteiger partial charge in [-0.2, -0.15) is 0 Å². The highest BCUT2D eigenvalue weighted by Gasteiger charge is 2.15. The lowest BCUT2D eigenvalue weighted by atomic mass is 9.99. The molecule has 1 amide bonds. The predicted octanol–water partition coefficient (Wildman–Crippen LogP) is 4.98. The highest BCUT2D eigenvalue weighted by Crippen LogP contribution is 2.37. The summed E-state index contributed by atoms with van der Waals surface area (Å²) in [5.74, 6) is 1.39. The fourth-order valence-corrected chi connectivity index (χ4v) is 3.59. The lowest BCUT2D eigenvalue weighted by Crippen LogP contribution is -2.25. The summed E-state index contributed by atoms with van der Waals surface area (Å²) in [6, 6.07) is 11.8. The van der Waals surface area contributed by atoms with Crippen molar-refractivity contribution in [1.29, 1.82) is 0 Å². The van der Waals surface area contributed by atoms with Crippen LogP contribution in [0.4, 0.5) is 0 Å². The van der Waals surface area contributed by atoms with Crippen molar-refractivity contribution < 1.29 is 18.7 Å². The molecule has 0 aliphatic heterocycles. The van der Waals surface area contributed by atoms with Gasteiger partial charge in [-0.15, -0.1) is 0 Å². The number of hydrogen-bond donors (Lipinski definition) is 1. The quantitative estimate of drug-likeness (QED) is 0.359. The summed E-state index contributed by atoms with van der Waals surface area (Å²) >= 11 is 0. The zero-order valence-corrected chi connectivity index (χ0v) is 19.5. The van der Waals surface area contributed by atoms with Gasteiger partial charge in [0.2, 0.25) is 5.91 Å². The highest BCUT2D eigenvalue weighted by molar-refractivity contribution is 6.00. The molecule has 0 unspecified atom stereocenters. The monoisotopic (exact) mass is 436 g/mol. The third-order valence-corrected chi connectivity index (χ3v) is 5.23. The largest absolute Gasteiger partial charge is 0.496 e. The maximum Gasteiger partial charge on any atom is 0.244 e. The number of ether oxygens (including phenoxy) is 2. The highest BCUT2D eigenvalue weighted by atomic mass is 16.5. The molecule has 32 heavy (non-hydrogen) atoms. The van der Waals surface area contributed by atoms with Crippen LogP contribution >= 0.6 is 0 Å². The number of fused-ring (bicyclic) bond motifs is 1. The van der Waals surface area contributed by atoms with Crippen molar-refractivity contribution in [3.8, 4) is 22.6 Å². The first-order valence-corrected chi connectivity index (χ1v) is 10.9. The molecule has 0 radical (unpaired) electrons. The number of carbonyl (C=O) groups is 1. The van der Waals surface area contributed by atoms with Crippen molar-refractivity contribution in [2.24, 2.45) is 0 Å². The molecule has 3 aromatic rings. The number of benzene rings is 2. The molecular formula is C26H32N2O4. The molecule has 6 heteroatoms. The van der Waals surface area contributed by atoms with Gasteiger partial charge < -0.3 is 24.1 Å². The van der Waals surface area contributed by atoms with Gasteiger partial charge >= 0.3 is 0 Å². The zero-order chi connectivity index (χ0) is 23.1. The second-order valence-corrected chi connectivity index (χ2v) is 7.93. The van der Waals surface area contributed by atoms with E-state index in [0.717, 1.165) is 51.9 Å². The number of nitrogens with one attached hydrogen (secondary N) is 1. The van der Waals surface area contributed by atoms with Crippen molar-refractivity contribution >= 4 is 22.4 Å². The van der Waals surface area contributed by atoms with Crippen molar-refractivity contribution in [1.82, 2.24) is 10.2 Å². The number of allylic oxidation sites excluding steroid dienone is 1. The molecular weight excluding hydrogens is 404 g/mol. The third kappa shape index (κ3) is 5.71. The summed E-state index contributed by atoms with van der Waals surface area (Å²) < 4.78 is 16.9. The average molecular weight is 437 g/mol. The lowest BCUT2D eigenvalue weighted by Gasteiger charge is -2.11. The molecule has 2 aromatic carbocycles. The molecule has 6 nitrogen and oxygen atoms in total. The Kier molecular flexibility index (Phi) is 7.95. The van der Waals surface area contributed by atoms with Gasteiger partial charge in [0.05, 0.1) is 20.0 Å². The standard InChI is InChI=1S/C26H32N2O4/c1-6-31-20-10-8-19(9-11-20)23-17-32-25-16-24(30-5)21(15-22(23)25)18(2)14-26(29)27-12-7-13-28(3)4/h8-11,14-17H,6-7,12-13H2,1-5H3,(H,27,29)/b18-14+. The van der Waals surface area contributed by atoms with E-state index in [1.165, 1.54) is 0 Å². The van der Waals surface area contributed by atoms with Crippen LogP contribution in [0.2, 0.25) is 0 Å². The van der Waals surface area contributed by atoms with Crippen LogP contribution in [0.3, 0.4) is 0 Å². The van der Waals surface area contributed by atoms with Crippen LogP contribution in [0.5, 0.6) is 11.5 Å². The molecule has 0 bridgehead atoms. The Morgan fingerprint density at radius 2 is 1.94 bits per heavy atom. The Labute approximate surface area is 189 Å². The van der Waals surface area contributed by atoms with Crippen LogP contribution in [0.15, 0.2) is 53.2 Å². The number of nitrogens with zero attached hydrogens (tertiary/aromatic N) is 1. The average Bonchev–Trinajstić information content (AvgIpc) is 3.19. The van der Waals surface area contributed by atoms with Crippen LogP contribution in [-0.4, -0.2) is 51.7 Å². The maximum absolute atomic E-state index is 12.4. The predicted molar refractivity (Wildman–Crippen MR) is 129 cm³/mol. The first-order valence-electron chi connectivity index (χ1n) is 10.9. The second kappa shape index (κ2) is 10.9. The molecule has 1 aromatic heterocycles. The minimum absolute atomic E-state index is 0.109. The minimum Gasteiger partial charge on any atom is -0.496 e. The molecule has 1 heterocycles. The SMILES string of the molecule is CCOc1ccc(-c2coc3cc(OC)c(/C(C)=C/C(=O)NCCCN(C)C)cc23)cc1. The molecule has 1 N–H and O–H groups in total. The van der Waals surface area contributed by atoms with Gasteiger partial charge in [-0.1, -0.05) is 12.1 Å². The van der Waals surface area contributed by atoms with Crippen molar-refractivity contribution in [2.75, 3.05) is 40.9 Å². The van der Waals surface area contributed by atoms with E-state index in [1.807, 2.05) is 64.3 Å². The Morgan fingerprint density at radius 3 is 2.59 bits per heavy atom. The smallest absolute Gasteiger partial charge is 0.244 e. The van der Waals surface area contributed by atoms with Gasteiger partial charge in [0, 0.05) is 35.2 Å². The molecule has 0 aliphatic rings. The molecule has 0 spiro atoms. The number of rotatable bonds is 10. The summed E-state index contributed by atoms with van der Waals surface area (Å²) in [7, 11) is 5.66. The summed E-state index contributed by atoms with van der Waals surface area (Å²) in [5.41, 5.74) is 4.43. The van der Waals surface area contributed by atoms with Crippen LogP contribution in [0, 0.1) is 0 Å². The first-order chi connectivity index (χ1) is 15.4. The van der Waals surface area contributed by atoms with E-state index in [4.69, 9.17) is 13.9 Å². The molecule has 0 atom stereocenters. The molecule has 170 valence electrons. The van der Waals surface area contributed by atoms with Gasteiger partial charge in [-0.05, 0) is 70.2 Å². The van der Waals surface area contributed by atoms with E-state index in [1.54, 1.807) is 19.4 Å². The maximum atomic E-state index is 12.4. The lowest BCUT2D eigenvalue weighted by molar-refractivity contribution is -0.116. The molecule has 0 saturated carbocycles. The van der Waals surface area contributed by atoms with Gasteiger partial charge in [0.1, 0.15) is 17.1 Å². The molecule has 3 rings (SSSR count). The van der Waals surface area contributed by atoms with Crippen molar-refractivity contribution in [3.63, 3.8) is 0 Å². The number of carbonyl (C=O) groups excluding carboxylic acids is 1.